The van der Waals surface area contributed by atoms with Gasteiger partial charge >= 0.3 is 12.1 Å². The van der Waals surface area contributed by atoms with Crippen LogP contribution in [0.25, 0.3) is 0 Å². The summed E-state index contributed by atoms with van der Waals surface area (Å²) in [6, 6.07) is 8.14. The smallest absolute Gasteiger partial charge is 0.408 e. The molecule has 0 spiro atoms. The SMILES string of the molecule is CCCCCC[C@@H](CC(N)=O)N(CCCCC)C(=O)[C@H](CCCC(=O)OCc1ccccc1)NC(=O)OC(C)(C)C. The van der Waals surface area contributed by atoms with Crippen LogP contribution < -0.4 is 11.1 Å². The molecule has 9 nitrogen and oxygen atoms in total. The van der Waals surface area contributed by atoms with Gasteiger partial charge in [-0.05, 0) is 52.0 Å². The highest BCUT2D eigenvalue weighted by Crippen LogP contribution is 2.19. The lowest BCUT2D eigenvalue weighted by atomic mass is 9.99. The maximum Gasteiger partial charge on any atom is 0.408 e. The van der Waals surface area contributed by atoms with Crippen molar-refractivity contribution in [2.75, 3.05) is 6.54 Å². The molecule has 0 unspecified atom stereocenters. The lowest BCUT2D eigenvalue weighted by Gasteiger charge is -2.35. The van der Waals surface area contributed by atoms with Gasteiger partial charge < -0.3 is 25.4 Å². The molecule has 1 aromatic carbocycles. The van der Waals surface area contributed by atoms with Gasteiger partial charge in [0.1, 0.15) is 18.2 Å². The van der Waals surface area contributed by atoms with Crippen LogP contribution in [0.2, 0.25) is 0 Å². The molecule has 0 bridgehead atoms. The number of amides is 3. The second kappa shape index (κ2) is 19.9. The van der Waals surface area contributed by atoms with Crippen molar-refractivity contribution in [3.63, 3.8) is 0 Å². The lowest BCUT2D eigenvalue weighted by molar-refractivity contribution is -0.145. The van der Waals surface area contributed by atoms with Gasteiger partial charge in [0, 0.05) is 25.4 Å². The van der Waals surface area contributed by atoms with Crippen molar-refractivity contribution in [1.82, 2.24) is 10.2 Å². The summed E-state index contributed by atoms with van der Waals surface area (Å²) in [6.07, 6.45) is 7.40. The maximum atomic E-state index is 14.0. The number of benzene rings is 1. The van der Waals surface area contributed by atoms with E-state index in [0.717, 1.165) is 50.5 Å². The number of nitrogens with one attached hydrogen (secondary N) is 1. The minimum atomic E-state index is -0.917. The molecule has 3 amide bonds. The third-order valence-electron chi connectivity index (χ3n) is 6.66. The van der Waals surface area contributed by atoms with E-state index in [4.69, 9.17) is 15.2 Å². The number of alkyl carbamates (subject to hydrolysis) is 1. The molecule has 0 fully saturated rings. The van der Waals surface area contributed by atoms with Crippen LogP contribution in [-0.4, -0.2) is 53.0 Å². The van der Waals surface area contributed by atoms with Crippen LogP contribution in [0, 0.1) is 0 Å². The topological polar surface area (TPSA) is 128 Å². The Labute approximate surface area is 246 Å². The molecule has 0 aliphatic rings. The van der Waals surface area contributed by atoms with E-state index in [1.54, 1.807) is 25.7 Å². The van der Waals surface area contributed by atoms with Gasteiger partial charge in [-0.15, -0.1) is 0 Å². The zero-order valence-electron chi connectivity index (χ0n) is 25.9. The van der Waals surface area contributed by atoms with Crippen LogP contribution in [-0.2, 0) is 30.5 Å². The Hall–Kier alpha value is -3.10. The highest BCUT2D eigenvalue weighted by atomic mass is 16.6. The van der Waals surface area contributed by atoms with Crippen molar-refractivity contribution in [3.8, 4) is 0 Å². The fourth-order valence-corrected chi connectivity index (χ4v) is 4.58. The first kappa shape index (κ1) is 35.9. The number of nitrogens with two attached hydrogens (primary N) is 1. The molecular formula is C32H53N3O6. The van der Waals surface area contributed by atoms with E-state index in [-0.39, 0.29) is 43.8 Å². The van der Waals surface area contributed by atoms with Gasteiger partial charge in [0.15, 0.2) is 0 Å². The number of hydrogen-bond donors (Lipinski definition) is 2. The molecule has 2 atom stereocenters. The molecule has 41 heavy (non-hydrogen) atoms. The molecular weight excluding hydrogens is 522 g/mol. The fourth-order valence-electron chi connectivity index (χ4n) is 4.58. The highest BCUT2D eigenvalue weighted by Gasteiger charge is 2.32. The van der Waals surface area contributed by atoms with Gasteiger partial charge in [0.25, 0.3) is 0 Å². The van der Waals surface area contributed by atoms with Crippen molar-refractivity contribution in [2.45, 2.75) is 136 Å². The zero-order valence-corrected chi connectivity index (χ0v) is 25.9. The van der Waals surface area contributed by atoms with Gasteiger partial charge in [0.05, 0.1) is 0 Å². The van der Waals surface area contributed by atoms with E-state index < -0.39 is 23.6 Å². The van der Waals surface area contributed by atoms with Crippen LogP contribution >= 0.6 is 0 Å². The summed E-state index contributed by atoms with van der Waals surface area (Å²) in [5.41, 5.74) is 5.76. The third kappa shape index (κ3) is 16.7. The molecule has 1 aromatic rings. The van der Waals surface area contributed by atoms with Gasteiger partial charge in [-0.1, -0.05) is 82.7 Å². The number of nitrogens with zero attached hydrogens (tertiary/aromatic N) is 1. The Kier molecular flexibility index (Phi) is 17.4. The molecule has 9 heteroatoms. The molecule has 1 rings (SSSR count). The maximum absolute atomic E-state index is 14.0. The Balaban J connectivity index is 3.04. The Morgan fingerprint density at radius 3 is 2.17 bits per heavy atom. The third-order valence-corrected chi connectivity index (χ3v) is 6.66. The van der Waals surface area contributed by atoms with Crippen LogP contribution in [0.3, 0.4) is 0 Å². The minimum absolute atomic E-state index is 0.0644. The number of carbonyl (C=O) groups is 4. The molecule has 0 saturated heterocycles. The quantitative estimate of drug-likeness (QED) is 0.144. The van der Waals surface area contributed by atoms with E-state index >= 15 is 0 Å². The zero-order chi connectivity index (χ0) is 30.7. The first-order valence-electron chi connectivity index (χ1n) is 15.2. The average Bonchev–Trinajstić information content (AvgIpc) is 2.90. The summed E-state index contributed by atoms with van der Waals surface area (Å²) in [7, 11) is 0. The highest BCUT2D eigenvalue weighted by molar-refractivity contribution is 5.86. The number of esters is 1. The van der Waals surface area contributed by atoms with Gasteiger partial charge in [-0.2, -0.15) is 0 Å². The number of primary amides is 1. The Morgan fingerprint density at radius 2 is 1.56 bits per heavy atom. The van der Waals surface area contributed by atoms with E-state index in [9.17, 15) is 19.2 Å². The van der Waals surface area contributed by atoms with Crippen molar-refractivity contribution in [1.29, 1.82) is 0 Å². The molecule has 3 N–H and O–H groups in total. The molecule has 0 radical (unpaired) electrons. The molecule has 0 saturated carbocycles. The lowest BCUT2D eigenvalue weighted by Crippen LogP contribution is -2.53. The summed E-state index contributed by atoms with van der Waals surface area (Å²) < 4.78 is 10.8. The van der Waals surface area contributed by atoms with E-state index in [1.807, 2.05) is 30.3 Å². The molecule has 0 aliphatic carbocycles. The normalized spacial score (nSPS) is 12.7. The minimum Gasteiger partial charge on any atom is -0.461 e. The van der Waals surface area contributed by atoms with Gasteiger partial charge in [-0.25, -0.2) is 4.79 Å². The number of ether oxygens (including phenoxy) is 2. The molecule has 0 heterocycles. The average molecular weight is 576 g/mol. The summed E-state index contributed by atoms with van der Waals surface area (Å²) in [5.74, 6) is -1.12. The van der Waals surface area contributed by atoms with Crippen molar-refractivity contribution in [3.05, 3.63) is 35.9 Å². The van der Waals surface area contributed by atoms with E-state index in [2.05, 4.69) is 19.2 Å². The predicted octanol–water partition coefficient (Wildman–Crippen LogP) is 6.03. The molecule has 0 aromatic heterocycles. The van der Waals surface area contributed by atoms with Crippen molar-refractivity contribution in [2.24, 2.45) is 5.73 Å². The number of carbonyl (C=O) groups excluding carboxylic acids is 4. The van der Waals surface area contributed by atoms with Crippen molar-refractivity contribution >= 4 is 23.9 Å². The number of rotatable bonds is 20. The van der Waals surface area contributed by atoms with Crippen LogP contribution in [0.15, 0.2) is 30.3 Å². The summed E-state index contributed by atoms with van der Waals surface area (Å²) in [6.45, 7) is 10.1. The van der Waals surface area contributed by atoms with Crippen molar-refractivity contribution < 1.29 is 28.7 Å². The monoisotopic (exact) mass is 575 g/mol. The largest absolute Gasteiger partial charge is 0.461 e. The van der Waals surface area contributed by atoms with Gasteiger partial charge in [0.2, 0.25) is 11.8 Å². The first-order valence-corrected chi connectivity index (χ1v) is 15.2. The number of hydrogen-bond acceptors (Lipinski definition) is 6. The van der Waals surface area contributed by atoms with Crippen LogP contribution in [0.1, 0.15) is 117 Å². The second-order valence-electron chi connectivity index (χ2n) is 11.6. The van der Waals surface area contributed by atoms with Gasteiger partial charge in [-0.3, -0.25) is 14.4 Å². The Bertz CT molecular complexity index is 916. The Morgan fingerprint density at radius 1 is 0.902 bits per heavy atom. The van der Waals surface area contributed by atoms with E-state index in [1.165, 1.54) is 0 Å². The standard InChI is InChI=1S/C32H53N3O6/c1-6-8-10-14-19-26(23-28(33)36)35(22-15-9-7-2)30(38)27(34-31(39)41-32(3,4)5)20-16-21-29(37)40-24-25-17-12-11-13-18-25/h11-13,17-18,26-27H,6-10,14-16,19-24H2,1-5H3,(H2,33,36)(H,34,39)/t26-,27-/m0/s1. The predicted molar refractivity (Wildman–Crippen MR) is 161 cm³/mol. The summed E-state index contributed by atoms with van der Waals surface area (Å²) >= 11 is 0. The van der Waals surface area contributed by atoms with E-state index in [0.29, 0.717) is 19.4 Å². The molecule has 232 valence electrons. The van der Waals surface area contributed by atoms with Crippen LogP contribution in [0.4, 0.5) is 4.79 Å². The summed E-state index contributed by atoms with van der Waals surface area (Å²) in [5, 5.41) is 2.74. The number of unbranched alkanes of at least 4 members (excludes halogenated alkanes) is 5. The fraction of sp³-hybridized carbons (Fsp3) is 0.688. The van der Waals surface area contributed by atoms with Crippen LogP contribution in [0.5, 0.6) is 0 Å². The summed E-state index contributed by atoms with van der Waals surface area (Å²) in [4.78, 5) is 52.9. The second-order valence-corrected chi connectivity index (χ2v) is 11.6. The first-order chi connectivity index (χ1) is 19.5. The molecule has 0 aliphatic heterocycles.